The standard InChI is InChI=1S/C7H8N2O2/c1-6-4-8-7(11)9(5-6)2-3-10/h3-5H,2H2,1H3. The van der Waals surface area contributed by atoms with Crippen LogP contribution in [0.2, 0.25) is 0 Å². The van der Waals surface area contributed by atoms with Gasteiger partial charge in [-0.15, -0.1) is 0 Å². The lowest BCUT2D eigenvalue weighted by Gasteiger charge is -1.98. The van der Waals surface area contributed by atoms with Crippen molar-refractivity contribution in [2.24, 2.45) is 0 Å². The number of hydrogen-bond donors (Lipinski definition) is 0. The van der Waals surface area contributed by atoms with Crippen LogP contribution in [0.25, 0.3) is 0 Å². The van der Waals surface area contributed by atoms with Crippen molar-refractivity contribution in [3.8, 4) is 0 Å². The van der Waals surface area contributed by atoms with E-state index in [9.17, 15) is 9.59 Å². The summed E-state index contributed by atoms with van der Waals surface area (Å²) in [6.45, 7) is 1.89. The maximum Gasteiger partial charge on any atom is 0.347 e. The van der Waals surface area contributed by atoms with Crippen molar-refractivity contribution < 1.29 is 4.79 Å². The Morgan fingerprint density at radius 2 is 2.45 bits per heavy atom. The van der Waals surface area contributed by atoms with Crippen molar-refractivity contribution in [1.29, 1.82) is 0 Å². The van der Waals surface area contributed by atoms with Crippen LogP contribution >= 0.6 is 0 Å². The molecule has 58 valence electrons. The van der Waals surface area contributed by atoms with E-state index in [1.165, 1.54) is 10.8 Å². The molecule has 1 heterocycles. The van der Waals surface area contributed by atoms with Gasteiger partial charge in [-0.25, -0.2) is 9.78 Å². The summed E-state index contributed by atoms with van der Waals surface area (Å²) >= 11 is 0. The summed E-state index contributed by atoms with van der Waals surface area (Å²) < 4.78 is 1.27. The third-order valence-electron chi connectivity index (χ3n) is 1.26. The van der Waals surface area contributed by atoms with E-state index in [1.54, 1.807) is 6.20 Å². The minimum absolute atomic E-state index is 0.0769. The summed E-state index contributed by atoms with van der Waals surface area (Å²) in [5.74, 6) is 0. The Kier molecular flexibility index (Phi) is 2.15. The van der Waals surface area contributed by atoms with Gasteiger partial charge in [0.1, 0.15) is 6.29 Å². The van der Waals surface area contributed by atoms with Gasteiger partial charge in [-0.3, -0.25) is 4.57 Å². The topological polar surface area (TPSA) is 52.0 Å². The third-order valence-corrected chi connectivity index (χ3v) is 1.26. The maximum atomic E-state index is 10.9. The Morgan fingerprint density at radius 3 is 3.09 bits per heavy atom. The van der Waals surface area contributed by atoms with Crippen LogP contribution in [0, 0.1) is 6.92 Å². The van der Waals surface area contributed by atoms with E-state index in [1.807, 2.05) is 6.92 Å². The van der Waals surface area contributed by atoms with E-state index >= 15 is 0 Å². The molecule has 0 aliphatic heterocycles. The highest BCUT2D eigenvalue weighted by Gasteiger charge is 1.94. The molecule has 0 bridgehead atoms. The highest BCUT2D eigenvalue weighted by atomic mass is 16.1. The Morgan fingerprint density at radius 1 is 1.73 bits per heavy atom. The number of aromatic nitrogens is 2. The van der Waals surface area contributed by atoms with E-state index < -0.39 is 0 Å². The molecule has 0 saturated carbocycles. The van der Waals surface area contributed by atoms with Crippen molar-refractivity contribution in [3.05, 3.63) is 28.4 Å². The lowest BCUT2D eigenvalue weighted by molar-refractivity contribution is -0.108. The van der Waals surface area contributed by atoms with Crippen molar-refractivity contribution >= 4 is 6.29 Å². The number of carbonyl (C=O) groups excluding carboxylic acids is 1. The molecular weight excluding hydrogens is 144 g/mol. The van der Waals surface area contributed by atoms with Crippen LogP contribution < -0.4 is 5.69 Å². The molecule has 0 unspecified atom stereocenters. The molecule has 1 aromatic rings. The van der Waals surface area contributed by atoms with Gasteiger partial charge in [0.25, 0.3) is 0 Å². The van der Waals surface area contributed by atoms with E-state index in [2.05, 4.69) is 4.98 Å². The Hall–Kier alpha value is -1.45. The zero-order valence-electron chi connectivity index (χ0n) is 6.15. The smallest absolute Gasteiger partial charge is 0.301 e. The summed E-state index contributed by atoms with van der Waals surface area (Å²) in [7, 11) is 0. The van der Waals surface area contributed by atoms with Crippen molar-refractivity contribution in [1.82, 2.24) is 9.55 Å². The number of aldehydes is 1. The molecule has 0 aromatic carbocycles. The van der Waals surface area contributed by atoms with Crippen molar-refractivity contribution in [2.45, 2.75) is 13.5 Å². The van der Waals surface area contributed by atoms with Crippen molar-refractivity contribution in [3.63, 3.8) is 0 Å². The van der Waals surface area contributed by atoms with Gasteiger partial charge in [0.15, 0.2) is 0 Å². The molecule has 1 rings (SSSR count). The van der Waals surface area contributed by atoms with Gasteiger partial charge in [-0.05, 0) is 12.5 Å². The maximum absolute atomic E-state index is 10.9. The number of hydrogen-bond acceptors (Lipinski definition) is 3. The average molecular weight is 152 g/mol. The Bertz CT molecular complexity index is 316. The second kappa shape index (κ2) is 3.09. The average Bonchev–Trinajstić information content (AvgIpc) is 1.98. The SMILES string of the molecule is Cc1cnc(=O)n(CC=O)c1. The second-order valence-electron chi connectivity index (χ2n) is 2.23. The highest BCUT2D eigenvalue weighted by Crippen LogP contribution is 1.87. The minimum Gasteiger partial charge on any atom is -0.301 e. The van der Waals surface area contributed by atoms with Crippen LogP contribution in [-0.2, 0) is 11.3 Å². The predicted octanol–water partition coefficient (Wildman–Crippen LogP) is -0.249. The molecule has 0 N–H and O–H groups in total. The van der Waals surface area contributed by atoms with Gasteiger partial charge in [0.2, 0.25) is 0 Å². The lowest BCUT2D eigenvalue weighted by atomic mass is 10.4. The van der Waals surface area contributed by atoms with Gasteiger partial charge in [0, 0.05) is 12.4 Å². The van der Waals surface area contributed by atoms with E-state index in [0.717, 1.165) is 5.56 Å². The second-order valence-corrected chi connectivity index (χ2v) is 2.23. The molecule has 0 saturated heterocycles. The first-order valence-corrected chi connectivity index (χ1v) is 3.21. The summed E-state index contributed by atoms with van der Waals surface area (Å²) in [5, 5.41) is 0. The van der Waals surface area contributed by atoms with Crippen LogP contribution in [0.3, 0.4) is 0 Å². The quantitative estimate of drug-likeness (QED) is 0.549. The van der Waals surface area contributed by atoms with Crippen molar-refractivity contribution in [2.75, 3.05) is 0 Å². The van der Waals surface area contributed by atoms with Crippen LogP contribution in [-0.4, -0.2) is 15.8 Å². The number of aryl methyl sites for hydroxylation is 1. The molecular formula is C7H8N2O2. The summed E-state index contributed by atoms with van der Waals surface area (Å²) in [4.78, 5) is 24.5. The fraction of sp³-hybridized carbons (Fsp3) is 0.286. The van der Waals surface area contributed by atoms with Crippen LogP contribution in [0.4, 0.5) is 0 Å². The first-order chi connectivity index (χ1) is 5.24. The molecule has 4 heteroatoms. The lowest BCUT2D eigenvalue weighted by Crippen LogP contribution is -2.22. The summed E-state index contributed by atoms with van der Waals surface area (Å²) in [6.07, 6.45) is 3.75. The Balaban J connectivity index is 3.12. The molecule has 0 spiro atoms. The molecule has 1 aromatic heterocycles. The van der Waals surface area contributed by atoms with Gasteiger partial charge in [0.05, 0.1) is 6.54 Å². The summed E-state index contributed by atoms with van der Waals surface area (Å²) in [6, 6.07) is 0. The number of carbonyl (C=O) groups is 1. The predicted molar refractivity (Wildman–Crippen MR) is 39.3 cm³/mol. The fourth-order valence-corrected chi connectivity index (χ4v) is 0.777. The first kappa shape index (κ1) is 7.65. The van der Waals surface area contributed by atoms with Gasteiger partial charge < -0.3 is 4.79 Å². The number of nitrogens with zero attached hydrogens (tertiary/aromatic N) is 2. The molecule has 0 aliphatic carbocycles. The minimum atomic E-state index is -0.386. The fourth-order valence-electron chi connectivity index (χ4n) is 0.777. The molecule has 0 fully saturated rings. The molecule has 0 radical (unpaired) electrons. The zero-order valence-corrected chi connectivity index (χ0v) is 6.15. The van der Waals surface area contributed by atoms with Gasteiger partial charge in [-0.2, -0.15) is 0 Å². The molecule has 4 nitrogen and oxygen atoms in total. The van der Waals surface area contributed by atoms with E-state index in [0.29, 0.717) is 6.29 Å². The normalized spacial score (nSPS) is 9.55. The molecule has 0 amide bonds. The Labute approximate surface area is 63.5 Å². The zero-order chi connectivity index (χ0) is 8.27. The van der Waals surface area contributed by atoms with Gasteiger partial charge >= 0.3 is 5.69 Å². The summed E-state index contributed by atoms with van der Waals surface area (Å²) in [5.41, 5.74) is 0.481. The van der Waals surface area contributed by atoms with Gasteiger partial charge in [-0.1, -0.05) is 0 Å². The van der Waals surface area contributed by atoms with Crippen LogP contribution in [0.1, 0.15) is 5.56 Å². The third kappa shape index (κ3) is 1.73. The molecule has 11 heavy (non-hydrogen) atoms. The highest BCUT2D eigenvalue weighted by molar-refractivity contribution is 5.48. The molecule has 0 aliphatic rings. The van der Waals surface area contributed by atoms with Crippen LogP contribution in [0.15, 0.2) is 17.2 Å². The number of rotatable bonds is 2. The van der Waals surface area contributed by atoms with Crippen LogP contribution in [0.5, 0.6) is 0 Å². The monoisotopic (exact) mass is 152 g/mol. The first-order valence-electron chi connectivity index (χ1n) is 3.21. The molecule has 0 atom stereocenters. The largest absolute Gasteiger partial charge is 0.347 e. The van der Waals surface area contributed by atoms with E-state index in [4.69, 9.17) is 0 Å². The van der Waals surface area contributed by atoms with E-state index in [-0.39, 0.29) is 12.2 Å².